The molecule has 2 saturated heterocycles. The topological polar surface area (TPSA) is 61.4 Å². The van der Waals surface area contributed by atoms with Crippen molar-refractivity contribution in [1.29, 1.82) is 0 Å². The molecule has 2 atom stereocenters. The second-order valence-corrected chi connectivity index (χ2v) is 5.64. The predicted octanol–water partition coefficient (Wildman–Crippen LogP) is 1.47. The van der Waals surface area contributed by atoms with Crippen LogP contribution >= 0.6 is 0 Å². The first-order valence-electron chi connectivity index (χ1n) is 7.64. The zero-order valence-electron chi connectivity index (χ0n) is 12.3. The molecule has 2 amide bonds. The summed E-state index contributed by atoms with van der Waals surface area (Å²) in [5, 5.41) is 6.12. The number of carbonyl (C=O) groups is 2. The summed E-state index contributed by atoms with van der Waals surface area (Å²) in [6.45, 7) is 4.10. The molecule has 0 spiro atoms. The van der Waals surface area contributed by atoms with Crippen molar-refractivity contribution in [2.45, 2.75) is 25.8 Å². The van der Waals surface area contributed by atoms with E-state index in [0.29, 0.717) is 12.1 Å². The minimum atomic E-state index is -0.0333. The number of fused-ring (bicyclic) bond motifs is 1. The number of nitrogens with one attached hydrogen (secondary N) is 2. The fourth-order valence-corrected chi connectivity index (χ4v) is 3.37. The number of anilines is 1. The molecule has 0 radical (unpaired) electrons. The van der Waals surface area contributed by atoms with Gasteiger partial charge in [-0.25, -0.2) is 0 Å². The summed E-state index contributed by atoms with van der Waals surface area (Å²) in [5.41, 5.74) is 1.56. The molecule has 21 heavy (non-hydrogen) atoms. The predicted molar refractivity (Wildman–Crippen MR) is 81.2 cm³/mol. The molecule has 0 bridgehead atoms. The third-order valence-electron chi connectivity index (χ3n) is 4.39. The van der Waals surface area contributed by atoms with Crippen LogP contribution in [0.25, 0.3) is 0 Å². The number of hydrogen-bond acceptors (Lipinski definition) is 3. The van der Waals surface area contributed by atoms with Gasteiger partial charge in [0.05, 0.1) is 17.5 Å². The number of hydrogen-bond donors (Lipinski definition) is 2. The quantitative estimate of drug-likeness (QED) is 0.885. The van der Waals surface area contributed by atoms with Crippen LogP contribution in [0.5, 0.6) is 0 Å². The van der Waals surface area contributed by atoms with Gasteiger partial charge < -0.3 is 15.5 Å². The van der Waals surface area contributed by atoms with Gasteiger partial charge in [0.25, 0.3) is 5.91 Å². The summed E-state index contributed by atoms with van der Waals surface area (Å²) in [6, 6.07) is 7.60. The maximum absolute atomic E-state index is 12.9. The fourth-order valence-electron chi connectivity index (χ4n) is 3.37. The van der Waals surface area contributed by atoms with E-state index in [2.05, 4.69) is 10.6 Å². The Hall–Kier alpha value is -2.04. The number of likely N-dealkylation sites (tertiary alicyclic amines) is 1. The molecule has 2 aliphatic rings. The standard InChI is InChI=1S/C16H21N3O2/c1-2-17-13-8-4-3-6-11(13)16(21)19-9-5-7-12-14(19)10-18-15(12)20/h3-4,6,8,12,14,17H,2,5,7,9-10H2,1H3,(H,18,20). The number of rotatable bonds is 3. The van der Waals surface area contributed by atoms with Crippen molar-refractivity contribution in [3.63, 3.8) is 0 Å². The van der Waals surface area contributed by atoms with E-state index in [4.69, 9.17) is 0 Å². The Morgan fingerprint density at radius 1 is 1.43 bits per heavy atom. The van der Waals surface area contributed by atoms with E-state index >= 15 is 0 Å². The number of benzene rings is 1. The number of piperidine rings is 1. The Bertz CT molecular complexity index is 558. The number of nitrogens with zero attached hydrogens (tertiary/aromatic N) is 1. The minimum absolute atomic E-state index is 0.00781. The molecule has 2 aliphatic heterocycles. The van der Waals surface area contributed by atoms with E-state index in [1.807, 2.05) is 36.1 Å². The van der Waals surface area contributed by atoms with Gasteiger partial charge >= 0.3 is 0 Å². The van der Waals surface area contributed by atoms with Crippen molar-refractivity contribution >= 4 is 17.5 Å². The van der Waals surface area contributed by atoms with E-state index in [9.17, 15) is 9.59 Å². The molecule has 0 saturated carbocycles. The summed E-state index contributed by atoms with van der Waals surface area (Å²) in [7, 11) is 0. The van der Waals surface area contributed by atoms with Crippen molar-refractivity contribution < 1.29 is 9.59 Å². The van der Waals surface area contributed by atoms with Crippen LogP contribution in [-0.2, 0) is 4.79 Å². The van der Waals surface area contributed by atoms with Crippen molar-refractivity contribution in [2.75, 3.05) is 25.0 Å². The van der Waals surface area contributed by atoms with Gasteiger partial charge in [-0.05, 0) is 31.9 Å². The SMILES string of the molecule is CCNc1ccccc1C(=O)N1CCCC2C(=O)NCC21. The molecule has 3 rings (SSSR count). The highest BCUT2D eigenvalue weighted by Crippen LogP contribution is 2.29. The van der Waals surface area contributed by atoms with Crippen molar-refractivity contribution in [1.82, 2.24) is 10.2 Å². The summed E-state index contributed by atoms with van der Waals surface area (Å²) in [6.07, 6.45) is 1.78. The zero-order chi connectivity index (χ0) is 14.8. The number of para-hydroxylation sites is 1. The van der Waals surface area contributed by atoms with E-state index < -0.39 is 0 Å². The largest absolute Gasteiger partial charge is 0.385 e. The Morgan fingerprint density at radius 2 is 2.24 bits per heavy atom. The molecule has 1 aromatic rings. The Balaban J connectivity index is 1.86. The molecule has 2 unspecified atom stereocenters. The van der Waals surface area contributed by atoms with Crippen LogP contribution in [0.4, 0.5) is 5.69 Å². The Labute approximate surface area is 124 Å². The lowest BCUT2D eigenvalue weighted by Gasteiger charge is -2.36. The van der Waals surface area contributed by atoms with Gasteiger partial charge in [0.15, 0.2) is 0 Å². The normalized spacial score (nSPS) is 24.4. The molecule has 112 valence electrons. The van der Waals surface area contributed by atoms with E-state index in [0.717, 1.165) is 31.6 Å². The lowest BCUT2D eigenvalue weighted by atomic mass is 9.91. The molecule has 0 aromatic heterocycles. The lowest BCUT2D eigenvalue weighted by molar-refractivity contribution is -0.123. The molecule has 5 nitrogen and oxygen atoms in total. The van der Waals surface area contributed by atoms with E-state index in [1.54, 1.807) is 0 Å². The average molecular weight is 287 g/mol. The third-order valence-corrected chi connectivity index (χ3v) is 4.39. The lowest BCUT2D eigenvalue weighted by Crippen LogP contribution is -2.48. The maximum Gasteiger partial charge on any atom is 0.256 e. The van der Waals surface area contributed by atoms with Crippen molar-refractivity contribution in [3.05, 3.63) is 29.8 Å². The highest BCUT2D eigenvalue weighted by Gasteiger charge is 2.42. The monoisotopic (exact) mass is 287 g/mol. The van der Waals surface area contributed by atoms with Crippen molar-refractivity contribution in [2.24, 2.45) is 5.92 Å². The van der Waals surface area contributed by atoms with Gasteiger partial charge in [-0.2, -0.15) is 0 Å². The maximum atomic E-state index is 12.9. The van der Waals surface area contributed by atoms with Crippen LogP contribution < -0.4 is 10.6 Å². The van der Waals surface area contributed by atoms with E-state index in [1.165, 1.54) is 0 Å². The Morgan fingerprint density at radius 3 is 3.05 bits per heavy atom. The second kappa shape index (κ2) is 5.76. The molecule has 0 aliphatic carbocycles. The molecular weight excluding hydrogens is 266 g/mol. The van der Waals surface area contributed by atoms with Gasteiger partial charge in [0.1, 0.15) is 0 Å². The fraction of sp³-hybridized carbons (Fsp3) is 0.500. The first kappa shape index (κ1) is 13.9. The van der Waals surface area contributed by atoms with Crippen LogP contribution in [0.15, 0.2) is 24.3 Å². The van der Waals surface area contributed by atoms with Gasteiger partial charge in [0.2, 0.25) is 5.91 Å². The van der Waals surface area contributed by atoms with E-state index in [-0.39, 0.29) is 23.8 Å². The highest BCUT2D eigenvalue weighted by molar-refractivity contribution is 6.00. The Kier molecular flexibility index (Phi) is 3.82. The molecule has 2 N–H and O–H groups in total. The van der Waals surface area contributed by atoms with Crippen LogP contribution in [-0.4, -0.2) is 42.4 Å². The molecule has 1 aromatic carbocycles. The van der Waals surface area contributed by atoms with Crippen LogP contribution in [0, 0.1) is 5.92 Å². The first-order chi connectivity index (χ1) is 10.2. The van der Waals surface area contributed by atoms with Gasteiger partial charge in [-0.3, -0.25) is 9.59 Å². The smallest absolute Gasteiger partial charge is 0.256 e. The zero-order valence-corrected chi connectivity index (χ0v) is 12.3. The van der Waals surface area contributed by atoms with Crippen LogP contribution in [0.2, 0.25) is 0 Å². The van der Waals surface area contributed by atoms with Crippen molar-refractivity contribution in [3.8, 4) is 0 Å². The third kappa shape index (κ3) is 2.48. The summed E-state index contributed by atoms with van der Waals surface area (Å²) < 4.78 is 0. The van der Waals surface area contributed by atoms with Gasteiger partial charge in [0, 0.05) is 25.3 Å². The summed E-state index contributed by atoms with van der Waals surface area (Å²) in [5.74, 6) is 0.0872. The second-order valence-electron chi connectivity index (χ2n) is 5.64. The molecular formula is C16H21N3O2. The van der Waals surface area contributed by atoms with Crippen LogP contribution in [0.3, 0.4) is 0 Å². The summed E-state index contributed by atoms with van der Waals surface area (Å²) >= 11 is 0. The molecule has 2 fully saturated rings. The number of amides is 2. The minimum Gasteiger partial charge on any atom is -0.385 e. The highest BCUT2D eigenvalue weighted by atomic mass is 16.2. The van der Waals surface area contributed by atoms with Gasteiger partial charge in [-0.15, -0.1) is 0 Å². The molecule has 5 heteroatoms. The summed E-state index contributed by atoms with van der Waals surface area (Å²) in [4.78, 5) is 26.6. The number of carbonyl (C=O) groups excluding carboxylic acids is 2. The average Bonchev–Trinajstić information content (AvgIpc) is 2.89. The first-order valence-corrected chi connectivity index (χ1v) is 7.64. The van der Waals surface area contributed by atoms with Crippen LogP contribution in [0.1, 0.15) is 30.1 Å². The van der Waals surface area contributed by atoms with Gasteiger partial charge in [-0.1, -0.05) is 12.1 Å². The molecule has 2 heterocycles.